The van der Waals surface area contributed by atoms with Crippen molar-refractivity contribution in [3.8, 4) is 11.5 Å². The van der Waals surface area contributed by atoms with Gasteiger partial charge in [0.05, 0.1) is 13.2 Å². The molecular formula is C32H44O4. The van der Waals surface area contributed by atoms with Crippen LogP contribution in [0.2, 0.25) is 0 Å². The minimum Gasteiger partial charge on any atom is -0.491 e. The average Bonchev–Trinajstić information content (AvgIpc) is 3.84. The number of benzene rings is 2. The monoisotopic (exact) mass is 492 g/mol. The van der Waals surface area contributed by atoms with Crippen molar-refractivity contribution >= 4 is 0 Å². The maximum Gasteiger partial charge on any atom is 0.127 e. The van der Waals surface area contributed by atoms with E-state index in [0.717, 1.165) is 37.1 Å². The number of hydrogen-bond donors (Lipinski definition) is 0. The number of ether oxygens (including phenoxy) is 4. The van der Waals surface area contributed by atoms with Gasteiger partial charge in [-0.1, -0.05) is 63.8 Å². The Morgan fingerprint density at radius 3 is 2.22 bits per heavy atom. The molecule has 0 bridgehead atoms. The summed E-state index contributed by atoms with van der Waals surface area (Å²) in [5.41, 5.74) is 2.88. The summed E-state index contributed by atoms with van der Waals surface area (Å²) in [6.45, 7) is 6.95. The van der Waals surface area contributed by atoms with Crippen molar-refractivity contribution < 1.29 is 18.9 Å². The van der Waals surface area contributed by atoms with E-state index < -0.39 is 0 Å². The summed E-state index contributed by atoms with van der Waals surface area (Å²) in [6, 6.07) is 17.7. The van der Waals surface area contributed by atoms with E-state index in [-0.39, 0.29) is 12.2 Å². The van der Waals surface area contributed by atoms with E-state index in [1.807, 2.05) is 0 Å². The highest BCUT2D eigenvalue weighted by molar-refractivity contribution is 5.33. The van der Waals surface area contributed by atoms with Crippen LogP contribution in [0, 0.1) is 5.92 Å². The Bertz CT molecular complexity index is 925. The van der Waals surface area contributed by atoms with Crippen molar-refractivity contribution in [2.75, 3.05) is 19.8 Å². The lowest BCUT2D eigenvalue weighted by Crippen LogP contribution is -2.26. The number of unbranched alkanes of at least 4 members (excludes halogenated alkanes) is 1. The molecule has 0 aromatic heterocycles. The van der Waals surface area contributed by atoms with Gasteiger partial charge in [0.2, 0.25) is 0 Å². The SMILES string of the molecule is CCCCC(CC)CC(Oc1cccc(C2CCC(c3ccc(OCC4CO4)cc3)CC2)c1)C1CO1. The zero-order chi connectivity index (χ0) is 24.7. The molecule has 0 N–H and O–H groups in total. The van der Waals surface area contributed by atoms with Gasteiger partial charge in [-0.3, -0.25) is 0 Å². The molecule has 36 heavy (non-hydrogen) atoms. The molecule has 4 unspecified atom stereocenters. The van der Waals surface area contributed by atoms with E-state index >= 15 is 0 Å². The summed E-state index contributed by atoms with van der Waals surface area (Å²) in [5.74, 6) is 3.96. The maximum atomic E-state index is 6.58. The quantitative estimate of drug-likeness (QED) is 0.254. The third-order valence-corrected chi connectivity index (χ3v) is 8.42. The average molecular weight is 493 g/mol. The molecule has 0 spiro atoms. The molecule has 5 rings (SSSR count). The van der Waals surface area contributed by atoms with Gasteiger partial charge in [0.15, 0.2) is 0 Å². The predicted octanol–water partition coefficient (Wildman–Crippen LogP) is 7.66. The zero-order valence-corrected chi connectivity index (χ0v) is 22.2. The molecule has 1 aliphatic carbocycles. The summed E-state index contributed by atoms with van der Waals surface area (Å²) < 4.78 is 23.3. The summed E-state index contributed by atoms with van der Waals surface area (Å²) in [4.78, 5) is 0. The van der Waals surface area contributed by atoms with E-state index in [2.05, 4.69) is 62.4 Å². The first kappa shape index (κ1) is 25.6. The van der Waals surface area contributed by atoms with Gasteiger partial charge in [0, 0.05) is 0 Å². The lowest BCUT2D eigenvalue weighted by atomic mass is 9.76. The molecule has 2 aromatic rings. The first-order valence-corrected chi connectivity index (χ1v) is 14.4. The van der Waals surface area contributed by atoms with Crippen molar-refractivity contribution in [1.29, 1.82) is 0 Å². The molecule has 2 aliphatic heterocycles. The normalized spacial score (nSPS) is 26.7. The van der Waals surface area contributed by atoms with Crippen LogP contribution < -0.4 is 9.47 Å². The second-order valence-electron chi connectivity index (χ2n) is 11.1. The van der Waals surface area contributed by atoms with Crippen molar-refractivity contribution in [3.05, 3.63) is 59.7 Å². The van der Waals surface area contributed by atoms with Crippen LogP contribution in [0.3, 0.4) is 0 Å². The van der Waals surface area contributed by atoms with Gasteiger partial charge in [-0.2, -0.15) is 0 Å². The molecule has 1 saturated carbocycles. The molecule has 4 heteroatoms. The van der Waals surface area contributed by atoms with Crippen LogP contribution in [0.25, 0.3) is 0 Å². The van der Waals surface area contributed by atoms with Gasteiger partial charge < -0.3 is 18.9 Å². The fourth-order valence-corrected chi connectivity index (χ4v) is 5.82. The van der Waals surface area contributed by atoms with Crippen LogP contribution in [0.1, 0.15) is 94.6 Å². The van der Waals surface area contributed by atoms with Crippen LogP contribution in [-0.4, -0.2) is 38.1 Å². The Hall–Kier alpha value is -2.04. The first-order chi connectivity index (χ1) is 17.7. The highest BCUT2D eigenvalue weighted by atomic mass is 16.6. The van der Waals surface area contributed by atoms with Crippen molar-refractivity contribution in [3.63, 3.8) is 0 Å². The van der Waals surface area contributed by atoms with Crippen LogP contribution in [0.5, 0.6) is 11.5 Å². The van der Waals surface area contributed by atoms with Crippen molar-refractivity contribution in [2.45, 2.75) is 102 Å². The molecule has 4 nitrogen and oxygen atoms in total. The van der Waals surface area contributed by atoms with E-state index in [0.29, 0.717) is 24.5 Å². The summed E-state index contributed by atoms with van der Waals surface area (Å²) in [6.07, 6.45) is 11.9. The smallest absolute Gasteiger partial charge is 0.127 e. The van der Waals surface area contributed by atoms with E-state index in [9.17, 15) is 0 Å². The van der Waals surface area contributed by atoms with Crippen LogP contribution >= 0.6 is 0 Å². The fraction of sp³-hybridized carbons (Fsp3) is 0.625. The van der Waals surface area contributed by atoms with Gasteiger partial charge in [-0.15, -0.1) is 0 Å². The molecule has 3 aliphatic rings. The molecule has 2 saturated heterocycles. The zero-order valence-electron chi connectivity index (χ0n) is 22.2. The van der Waals surface area contributed by atoms with Gasteiger partial charge in [0.1, 0.15) is 36.4 Å². The standard InChI is InChI=1S/C32H44O4/c1-3-5-7-23(4-2)18-31(32-22-35-32)36-29-9-6-8-27(19-29)26-12-10-24(11-13-26)25-14-16-28(17-15-25)33-20-30-21-34-30/h6,8-9,14-17,19,23-24,26,30-32H,3-5,7,10-13,18,20-22H2,1-2H3. The third kappa shape index (κ3) is 7.26. The Balaban J connectivity index is 1.13. The Labute approximate surface area is 217 Å². The van der Waals surface area contributed by atoms with Crippen molar-refractivity contribution in [1.82, 2.24) is 0 Å². The third-order valence-electron chi connectivity index (χ3n) is 8.42. The highest BCUT2D eigenvalue weighted by Gasteiger charge is 2.36. The summed E-state index contributed by atoms with van der Waals surface area (Å²) >= 11 is 0. The predicted molar refractivity (Wildman–Crippen MR) is 144 cm³/mol. The van der Waals surface area contributed by atoms with E-state index in [1.165, 1.54) is 62.5 Å². The van der Waals surface area contributed by atoms with Crippen LogP contribution in [0.4, 0.5) is 0 Å². The highest BCUT2D eigenvalue weighted by Crippen LogP contribution is 2.41. The summed E-state index contributed by atoms with van der Waals surface area (Å²) in [5, 5.41) is 0. The lowest BCUT2D eigenvalue weighted by molar-refractivity contribution is 0.127. The number of rotatable bonds is 14. The minimum atomic E-state index is 0.182. The lowest BCUT2D eigenvalue weighted by Gasteiger charge is -2.29. The molecule has 4 atom stereocenters. The molecule has 0 radical (unpaired) electrons. The minimum absolute atomic E-state index is 0.182. The van der Waals surface area contributed by atoms with Crippen LogP contribution in [-0.2, 0) is 9.47 Å². The Morgan fingerprint density at radius 2 is 1.58 bits per heavy atom. The van der Waals surface area contributed by atoms with E-state index in [1.54, 1.807) is 0 Å². The van der Waals surface area contributed by atoms with Gasteiger partial charge in [-0.25, -0.2) is 0 Å². The Morgan fingerprint density at radius 1 is 0.861 bits per heavy atom. The van der Waals surface area contributed by atoms with Gasteiger partial charge in [-0.05, 0) is 85.3 Å². The van der Waals surface area contributed by atoms with Gasteiger partial charge in [0.25, 0.3) is 0 Å². The second kappa shape index (κ2) is 12.5. The van der Waals surface area contributed by atoms with E-state index in [4.69, 9.17) is 18.9 Å². The largest absolute Gasteiger partial charge is 0.491 e. The molecule has 196 valence electrons. The maximum absolute atomic E-state index is 6.58. The summed E-state index contributed by atoms with van der Waals surface area (Å²) in [7, 11) is 0. The van der Waals surface area contributed by atoms with Crippen molar-refractivity contribution in [2.24, 2.45) is 5.92 Å². The van der Waals surface area contributed by atoms with Gasteiger partial charge >= 0.3 is 0 Å². The molecule has 0 amide bonds. The number of hydrogen-bond acceptors (Lipinski definition) is 4. The first-order valence-electron chi connectivity index (χ1n) is 14.4. The molecular weight excluding hydrogens is 448 g/mol. The molecule has 3 fully saturated rings. The fourth-order valence-electron chi connectivity index (χ4n) is 5.82. The number of epoxide rings is 2. The molecule has 2 aromatic carbocycles. The Kier molecular flexibility index (Phi) is 8.87. The van der Waals surface area contributed by atoms with Crippen LogP contribution in [0.15, 0.2) is 48.5 Å². The second-order valence-corrected chi connectivity index (χ2v) is 11.1. The topological polar surface area (TPSA) is 43.5 Å². The molecule has 2 heterocycles.